The van der Waals surface area contributed by atoms with Crippen LogP contribution >= 0.6 is 0 Å². The van der Waals surface area contributed by atoms with E-state index in [4.69, 9.17) is 18.9 Å². The number of ether oxygens (including phenoxy) is 5. The molecule has 0 aliphatic rings. The van der Waals surface area contributed by atoms with Crippen LogP contribution in [0.4, 0.5) is 22.8 Å². The lowest BCUT2D eigenvalue weighted by molar-refractivity contribution is -0.211. The third-order valence-corrected chi connectivity index (χ3v) is 6.96. The quantitative estimate of drug-likeness (QED) is 0.177. The van der Waals surface area contributed by atoms with Crippen LogP contribution in [-0.4, -0.2) is 113 Å². The Bertz CT molecular complexity index is 1600. The number of carbonyl (C=O) groups excluding carboxylic acids is 5. The minimum Gasteiger partial charge on any atom is -0.497 e. The summed E-state index contributed by atoms with van der Waals surface area (Å²) in [6, 6.07) is 4.19. The topological polar surface area (TPSA) is 202 Å². The van der Waals surface area contributed by atoms with Gasteiger partial charge in [-0.1, -0.05) is 5.21 Å². The van der Waals surface area contributed by atoms with Gasteiger partial charge in [-0.15, -0.1) is 5.10 Å². The highest BCUT2D eigenvalue weighted by atomic mass is 19.4. The van der Waals surface area contributed by atoms with Crippen molar-refractivity contribution in [2.24, 2.45) is 0 Å². The van der Waals surface area contributed by atoms with Gasteiger partial charge < -0.3 is 39.2 Å². The fourth-order valence-corrected chi connectivity index (χ4v) is 4.70. The van der Waals surface area contributed by atoms with E-state index in [0.29, 0.717) is 17.1 Å². The molecule has 17 nitrogen and oxygen atoms in total. The Hall–Kier alpha value is -5.30. The number of esters is 1. The molecule has 2 aromatic rings. The molecule has 3 N–H and O–H groups in total. The van der Waals surface area contributed by atoms with Crippen molar-refractivity contribution in [1.82, 2.24) is 35.8 Å². The molecule has 1 unspecified atom stereocenters. The summed E-state index contributed by atoms with van der Waals surface area (Å²) in [5, 5.41) is 14.2. The van der Waals surface area contributed by atoms with E-state index in [1.54, 1.807) is 51.2 Å². The molecule has 296 valence electrons. The van der Waals surface area contributed by atoms with Crippen molar-refractivity contribution < 1.29 is 60.8 Å². The van der Waals surface area contributed by atoms with E-state index in [0.717, 1.165) is 18.0 Å². The van der Waals surface area contributed by atoms with Crippen LogP contribution in [0.2, 0.25) is 0 Å². The Morgan fingerprint density at radius 3 is 2.09 bits per heavy atom. The maximum absolute atomic E-state index is 14.4. The Morgan fingerprint density at radius 1 is 0.925 bits per heavy atom. The number of aromatic nitrogens is 3. The first-order chi connectivity index (χ1) is 24.4. The van der Waals surface area contributed by atoms with Crippen molar-refractivity contribution in [3.8, 4) is 11.5 Å². The summed E-state index contributed by atoms with van der Waals surface area (Å²) < 4.78 is 69.6. The van der Waals surface area contributed by atoms with Crippen LogP contribution < -0.4 is 25.4 Å². The Morgan fingerprint density at radius 2 is 1.55 bits per heavy atom. The first-order valence-corrected chi connectivity index (χ1v) is 16.2. The number of halogens is 3. The minimum absolute atomic E-state index is 0.101. The van der Waals surface area contributed by atoms with Crippen LogP contribution in [0.1, 0.15) is 59.7 Å². The maximum atomic E-state index is 14.4. The lowest BCUT2D eigenvalue weighted by Gasteiger charge is -2.33. The zero-order chi connectivity index (χ0) is 40.4. The van der Waals surface area contributed by atoms with Crippen LogP contribution in [-0.2, 0) is 48.1 Å². The number of hydrogen-bond acceptors (Lipinski definition) is 12. The number of alkyl carbamates (subject to hydrolysis) is 2. The molecular weight excluding hydrogens is 711 g/mol. The molecule has 0 bridgehead atoms. The van der Waals surface area contributed by atoms with Crippen molar-refractivity contribution in [1.29, 1.82) is 0 Å². The largest absolute Gasteiger partial charge is 0.497 e. The van der Waals surface area contributed by atoms with E-state index < -0.39 is 78.4 Å². The van der Waals surface area contributed by atoms with Crippen LogP contribution in [0.15, 0.2) is 24.4 Å². The monoisotopic (exact) mass is 759 g/mol. The molecule has 1 aromatic carbocycles. The summed E-state index contributed by atoms with van der Waals surface area (Å²) in [5.41, 5.74) is -5.37. The number of nitrogens with one attached hydrogen (secondary N) is 3. The molecular formula is C33H48F3N7O10. The van der Waals surface area contributed by atoms with Crippen molar-refractivity contribution >= 4 is 30.0 Å². The smallest absolute Gasteiger partial charge is 0.422 e. The summed E-state index contributed by atoms with van der Waals surface area (Å²) in [7, 11) is 3.63. The predicted molar refractivity (Wildman–Crippen MR) is 181 cm³/mol. The molecule has 0 spiro atoms. The van der Waals surface area contributed by atoms with Gasteiger partial charge in [-0.3, -0.25) is 19.6 Å². The van der Waals surface area contributed by atoms with E-state index in [1.165, 1.54) is 39.9 Å². The van der Waals surface area contributed by atoms with Gasteiger partial charge in [0, 0.05) is 36.8 Å². The summed E-state index contributed by atoms with van der Waals surface area (Å²) in [4.78, 5) is 64.8. The molecule has 0 aliphatic heterocycles. The van der Waals surface area contributed by atoms with Crippen LogP contribution in [0, 0.1) is 0 Å². The first kappa shape index (κ1) is 43.9. The molecule has 1 heterocycles. The van der Waals surface area contributed by atoms with Gasteiger partial charge in [0.15, 0.2) is 0 Å². The maximum Gasteiger partial charge on any atom is 0.422 e. The van der Waals surface area contributed by atoms with E-state index in [9.17, 15) is 37.1 Å². The van der Waals surface area contributed by atoms with E-state index in [-0.39, 0.29) is 18.8 Å². The second-order valence-corrected chi connectivity index (χ2v) is 13.9. The predicted octanol–water partition coefficient (Wildman–Crippen LogP) is 2.89. The van der Waals surface area contributed by atoms with Gasteiger partial charge in [0.1, 0.15) is 29.2 Å². The molecule has 1 aromatic heterocycles. The number of carbonyl (C=O) groups is 5. The number of nitrogens with zero attached hydrogens (tertiary/aromatic N) is 4. The standard InChI is InChI=1S/C33H48F3N7O10/c1-20(16-43-18-22(40-41-43)14-32(27(46)51-10,33(34,35)36)39-29(48)53-31(5,6)7)38-25(44)19-42(26(45)15-37-28(47)52-30(2,3)4)17-21-11-12-23(49-8)13-24(21)50-9/h11-13,18,20H,14-17,19H2,1-10H3,(H,37,47)(H,38,44)(H,39,48)/t20-,32?/m0/s1. The first-order valence-electron chi connectivity index (χ1n) is 16.2. The third kappa shape index (κ3) is 13.6. The lowest BCUT2D eigenvalue weighted by Crippen LogP contribution is -2.66. The molecule has 53 heavy (non-hydrogen) atoms. The fraction of sp³-hybridized carbons (Fsp3) is 0.606. The normalized spacial score (nSPS) is 13.5. The average Bonchev–Trinajstić information content (AvgIpc) is 3.46. The molecule has 0 radical (unpaired) electrons. The number of amides is 4. The average molecular weight is 760 g/mol. The lowest BCUT2D eigenvalue weighted by atomic mass is 9.92. The number of alkyl halides is 3. The van der Waals surface area contributed by atoms with E-state index in [2.05, 4.69) is 25.7 Å². The van der Waals surface area contributed by atoms with Crippen LogP contribution in [0.5, 0.6) is 11.5 Å². The van der Waals surface area contributed by atoms with Gasteiger partial charge in [0.25, 0.3) is 0 Å². The third-order valence-electron chi connectivity index (χ3n) is 6.96. The Labute approximate surface area is 305 Å². The van der Waals surface area contributed by atoms with E-state index >= 15 is 0 Å². The molecule has 20 heteroatoms. The zero-order valence-electron chi connectivity index (χ0n) is 31.4. The van der Waals surface area contributed by atoms with Gasteiger partial charge in [-0.05, 0) is 60.6 Å². The molecule has 0 fully saturated rings. The number of methoxy groups -OCH3 is 3. The second kappa shape index (κ2) is 18.0. The molecule has 0 saturated heterocycles. The van der Waals surface area contributed by atoms with Crippen molar-refractivity contribution in [3.63, 3.8) is 0 Å². The van der Waals surface area contributed by atoms with Gasteiger partial charge in [0.05, 0.1) is 40.1 Å². The van der Waals surface area contributed by atoms with Gasteiger partial charge >= 0.3 is 24.3 Å². The Balaban J connectivity index is 2.22. The summed E-state index contributed by atoms with van der Waals surface area (Å²) >= 11 is 0. The number of rotatable bonds is 15. The number of hydrogen-bond donors (Lipinski definition) is 3. The molecule has 2 atom stereocenters. The molecule has 4 amide bonds. The fourth-order valence-electron chi connectivity index (χ4n) is 4.70. The summed E-state index contributed by atoms with van der Waals surface area (Å²) in [6.07, 6.45) is -7.77. The summed E-state index contributed by atoms with van der Waals surface area (Å²) in [5.74, 6) is -2.19. The summed E-state index contributed by atoms with van der Waals surface area (Å²) in [6.45, 7) is 9.67. The van der Waals surface area contributed by atoms with Gasteiger partial charge in [-0.2, -0.15) is 13.2 Å². The van der Waals surface area contributed by atoms with Gasteiger partial charge in [0.2, 0.25) is 17.4 Å². The Kier molecular flexibility index (Phi) is 14.9. The van der Waals surface area contributed by atoms with Crippen molar-refractivity contribution in [3.05, 3.63) is 35.7 Å². The zero-order valence-corrected chi connectivity index (χ0v) is 31.4. The van der Waals surface area contributed by atoms with E-state index in [1.807, 2.05) is 0 Å². The van der Waals surface area contributed by atoms with Crippen molar-refractivity contribution in [2.75, 3.05) is 34.4 Å². The second-order valence-electron chi connectivity index (χ2n) is 13.9. The molecule has 2 rings (SSSR count). The van der Waals surface area contributed by atoms with Crippen molar-refractivity contribution in [2.45, 2.75) is 96.9 Å². The minimum atomic E-state index is -5.34. The SMILES string of the molecule is COC(=O)C(Cc1cn(C[C@H](C)NC(=O)CN(Cc2ccc(OC)cc2OC)C(=O)CNC(=O)OC(C)(C)C)nn1)(NC(=O)OC(C)(C)C)C(F)(F)F. The highest BCUT2D eigenvalue weighted by Crippen LogP contribution is 2.35. The molecule has 0 aliphatic carbocycles. The molecule has 0 saturated carbocycles. The highest BCUT2D eigenvalue weighted by Gasteiger charge is 2.63. The van der Waals surface area contributed by atoms with Crippen LogP contribution in [0.3, 0.4) is 0 Å². The van der Waals surface area contributed by atoms with Crippen LogP contribution in [0.25, 0.3) is 0 Å². The highest BCUT2D eigenvalue weighted by molar-refractivity contribution is 5.88. The van der Waals surface area contributed by atoms with Gasteiger partial charge in [-0.25, -0.2) is 14.4 Å². The number of benzene rings is 1.